The molecule has 0 radical (unpaired) electrons. The van der Waals surface area contributed by atoms with Crippen LogP contribution >= 0.6 is 27.5 Å². The highest BCUT2D eigenvalue weighted by Crippen LogP contribution is 2.25. The first kappa shape index (κ1) is 14.6. The van der Waals surface area contributed by atoms with Gasteiger partial charge in [0, 0.05) is 46.5 Å². The minimum atomic E-state index is 0.211. The van der Waals surface area contributed by atoms with Gasteiger partial charge in [0.05, 0.1) is 0 Å². The number of Topliss-reactive ketones (excluding diaryl/α,β-unsaturated/α-hetero) is 1. The number of hydrogen-bond acceptors (Lipinski definition) is 1. The van der Waals surface area contributed by atoms with Crippen molar-refractivity contribution in [3.8, 4) is 0 Å². The molecule has 1 aromatic carbocycles. The van der Waals surface area contributed by atoms with Crippen LogP contribution in [-0.4, -0.2) is 15.7 Å². The number of carbonyl (C=O) groups excluding carboxylic acids is 1. The third-order valence-corrected chi connectivity index (χ3v) is 4.09. The van der Waals surface area contributed by atoms with Crippen LogP contribution < -0.4 is 0 Å². The van der Waals surface area contributed by atoms with Gasteiger partial charge in [-0.3, -0.25) is 4.79 Å². The smallest absolute Gasteiger partial charge is 0.165 e. The van der Waals surface area contributed by atoms with E-state index in [2.05, 4.69) is 15.9 Å². The summed E-state index contributed by atoms with van der Waals surface area (Å²) in [5.74, 6) is 0.211. The van der Waals surface area contributed by atoms with Crippen LogP contribution in [0.15, 0.2) is 24.4 Å². The molecule has 19 heavy (non-hydrogen) atoms. The molecule has 2 rings (SSSR count). The number of halogens is 2. The number of hydrogen-bond donors (Lipinski definition) is 0. The molecule has 0 N–H and O–H groups in total. The number of rotatable bonds is 6. The molecule has 0 bridgehead atoms. The van der Waals surface area contributed by atoms with Crippen LogP contribution in [0.3, 0.4) is 0 Å². The number of nitrogens with zero attached hydrogens (tertiary/aromatic N) is 1. The second kappa shape index (κ2) is 6.58. The predicted molar refractivity (Wildman–Crippen MR) is 84.5 cm³/mol. The molecule has 0 atom stereocenters. The van der Waals surface area contributed by atoms with E-state index in [-0.39, 0.29) is 5.78 Å². The molecule has 0 saturated carbocycles. The first-order valence-corrected chi connectivity index (χ1v) is 7.97. The number of fused-ring (bicyclic) bond motifs is 1. The van der Waals surface area contributed by atoms with E-state index in [1.807, 2.05) is 36.0 Å². The molecule has 102 valence electrons. The fraction of sp³-hybridized carbons (Fsp3) is 0.400. The quantitative estimate of drug-likeness (QED) is 0.413. The number of aromatic nitrogens is 1. The molecule has 0 spiro atoms. The number of alkyl halides is 1. The topological polar surface area (TPSA) is 22.0 Å². The molecule has 0 aliphatic heterocycles. The molecule has 0 aliphatic rings. The summed E-state index contributed by atoms with van der Waals surface area (Å²) in [5.41, 5.74) is 1.84. The Morgan fingerprint density at radius 1 is 1.32 bits per heavy atom. The number of ketones is 1. The summed E-state index contributed by atoms with van der Waals surface area (Å²) in [6.45, 7) is 0. The van der Waals surface area contributed by atoms with E-state index in [4.69, 9.17) is 11.6 Å². The molecule has 4 heteroatoms. The summed E-state index contributed by atoms with van der Waals surface area (Å²) in [7, 11) is 1.96. The summed E-state index contributed by atoms with van der Waals surface area (Å²) in [6.07, 6.45) is 5.67. The third kappa shape index (κ3) is 3.40. The third-order valence-electron chi connectivity index (χ3n) is 3.29. The lowest BCUT2D eigenvalue weighted by Crippen LogP contribution is -1.98. The van der Waals surface area contributed by atoms with Crippen LogP contribution in [0.25, 0.3) is 10.9 Å². The van der Waals surface area contributed by atoms with Crippen LogP contribution in [0.4, 0.5) is 0 Å². The lowest BCUT2D eigenvalue weighted by atomic mass is 10.0. The van der Waals surface area contributed by atoms with Crippen molar-refractivity contribution < 1.29 is 4.79 Å². The molecule has 0 saturated heterocycles. The van der Waals surface area contributed by atoms with E-state index < -0.39 is 0 Å². The van der Waals surface area contributed by atoms with Crippen LogP contribution in [0.1, 0.15) is 36.0 Å². The number of carbonyl (C=O) groups is 1. The van der Waals surface area contributed by atoms with Gasteiger partial charge in [0.25, 0.3) is 0 Å². The Balaban J connectivity index is 2.19. The predicted octanol–water partition coefficient (Wildman–Crippen LogP) is 4.97. The van der Waals surface area contributed by atoms with Crippen molar-refractivity contribution in [1.82, 2.24) is 4.57 Å². The first-order chi connectivity index (χ1) is 9.13. The zero-order valence-corrected chi connectivity index (χ0v) is 13.3. The highest BCUT2D eigenvalue weighted by atomic mass is 79.9. The van der Waals surface area contributed by atoms with Crippen molar-refractivity contribution in [2.75, 3.05) is 5.33 Å². The molecule has 0 unspecified atom stereocenters. The van der Waals surface area contributed by atoms with Crippen molar-refractivity contribution in [2.24, 2.45) is 7.05 Å². The fourth-order valence-corrected chi connectivity index (χ4v) is 2.85. The molecule has 1 heterocycles. The van der Waals surface area contributed by atoms with Crippen molar-refractivity contribution in [3.63, 3.8) is 0 Å². The Kier molecular flexibility index (Phi) is 5.06. The van der Waals surface area contributed by atoms with E-state index >= 15 is 0 Å². The van der Waals surface area contributed by atoms with E-state index in [9.17, 15) is 4.79 Å². The molecule has 1 aromatic heterocycles. The first-order valence-electron chi connectivity index (χ1n) is 6.47. The summed E-state index contributed by atoms with van der Waals surface area (Å²) in [5, 5.41) is 2.64. The Bertz CT molecular complexity index is 591. The highest BCUT2D eigenvalue weighted by molar-refractivity contribution is 9.09. The van der Waals surface area contributed by atoms with Gasteiger partial charge < -0.3 is 4.57 Å². The van der Waals surface area contributed by atoms with Crippen LogP contribution in [0.2, 0.25) is 5.02 Å². The zero-order valence-electron chi connectivity index (χ0n) is 11.0. The van der Waals surface area contributed by atoms with Gasteiger partial charge in [-0.2, -0.15) is 0 Å². The largest absolute Gasteiger partial charge is 0.350 e. The van der Waals surface area contributed by atoms with E-state index in [1.165, 1.54) is 0 Å². The van der Waals surface area contributed by atoms with Gasteiger partial charge in [0.15, 0.2) is 5.78 Å². The van der Waals surface area contributed by atoms with Crippen molar-refractivity contribution >= 4 is 44.2 Å². The number of aryl methyl sites for hydroxylation is 1. The second-order valence-electron chi connectivity index (χ2n) is 4.74. The number of benzene rings is 1. The van der Waals surface area contributed by atoms with Crippen LogP contribution in [-0.2, 0) is 7.05 Å². The molecular weight excluding hydrogens is 326 g/mol. The van der Waals surface area contributed by atoms with Crippen molar-refractivity contribution in [3.05, 3.63) is 35.0 Å². The van der Waals surface area contributed by atoms with Gasteiger partial charge in [-0.05, 0) is 31.0 Å². The van der Waals surface area contributed by atoms with Crippen LogP contribution in [0.5, 0.6) is 0 Å². The molecular formula is C15H17BrClNO. The van der Waals surface area contributed by atoms with Gasteiger partial charge in [0.1, 0.15) is 0 Å². The maximum Gasteiger partial charge on any atom is 0.165 e. The normalized spacial score (nSPS) is 11.1. The minimum absolute atomic E-state index is 0.211. The Morgan fingerprint density at radius 3 is 2.84 bits per heavy atom. The van der Waals surface area contributed by atoms with Crippen molar-refractivity contribution in [2.45, 2.75) is 25.7 Å². The average molecular weight is 343 g/mol. The van der Waals surface area contributed by atoms with Crippen LogP contribution in [0, 0.1) is 0 Å². The lowest BCUT2D eigenvalue weighted by Gasteiger charge is -2.00. The molecule has 2 aromatic rings. The standard InChI is InChI=1S/C15H17BrClNO/c1-18-10-13(15(19)5-3-2-4-8-16)12-9-11(17)6-7-14(12)18/h6-7,9-10H,2-5,8H2,1H3. The summed E-state index contributed by atoms with van der Waals surface area (Å²) < 4.78 is 1.98. The van der Waals surface area contributed by atoms with E-state index in [0.717, 1.165) is 41.1 Å². The maximum absolute atomic E-state index is 12.3. The monoisotopic (exact) mass is 341 g/mol. The Morgan fingerprint density at radius 2 is 2.11 bits per heavy atom. The Labute approximate surface area is 126 Å². The van der Waals surface area contributed by atoms with Gasteiger partial charge in [-0.1, -0.05) is 34.0 Å². The zero-order chi connectivity index (χ0) is 13.8. The lowest BCUT2D eigenvalue weighted by molar-refractivity contribution is 0.0981. The van der Waals surface area contributed by atoms with E-state index in [0.29, 0.717) is 11.4 Å². The fourth-order valence-electron chi connectivity index (χ4n) is 2.28. The van der Waals surface area contributed by atoms with Gasteiger partial charge in [-0.25, -0.2) is 0 Å². The molecule has 0 aliphatic carbocycles. The maximum atomic E-state index is 12.3. The summed E-state index contributed by atoms with van der Waals surface area (Å²) in [4.78, 5) is 12.3. The van der Waals surface area contributed by atoms with Crippen molar-refractivity contribution in [1.29, 1.82) is 0 Å². The SMILES string of the molecule is Cn1cc(C(=O)CCCCCBr)c2cc(Cl)ccc21. The second-order valence-corrected chi connectivity index (χ2v) is 5.97. The summed E-state index contributed by atoms with van der Waals surface area (Å²) >= 11 is 9.43. The summed E-state index contributed by atoms with van der Waals surface area (Å²) in [6, 6.07) is 5.69. The van der Waals surface area contributed by atoms with Gasteiger partial charge in [-0.15, -0.1) is 0 Å². The van der Waals surface area contributed by atoms with E-state index in [1.54, 1.807) is 0 Å². The molecule has 2 nitrogen and oxygen atoms in total. The molecule has 0 fully saturated rings. The van der Waals surface area contributed by atoms with Gasteiger partial charge in [0.2, 0.25) is 0 Å². The minimum Gasteiger partial charge on any atom is -0.350 e. The number of unbranched alkanes of at least 4 members (excludes halogenated alkanes) is 2. The molecule has 0 amide bonds. The Hall–Kier alpha value is -0.800. The van der Waals surface area contributed by atoms with Gasteiger partial charge >= 0.3 is 0 Å². The highest BCUT2D eigenvalue weighted by Gasteiger charge is 2.13. The average Bonchev–Trinajstić information content (AvgIpc) is 2.71.